The lowest BCUT2D eigenvalue weighted by Gasteiger charge is -2.14. The minimum Gasteiger partial charge on any atom is -0.449 e. The Hall–Kier alpha value is -2.10. The number of amides is 1. The molecule has 1 atom stereocenters. The van der Waals surface area contributed by atoms with Crippen LogP contribution in [0.25, 0.3) is 0 Å². The summed E-state index contributed by atoms with van der Waals surface area (Å²) in [6.07, 6.45) is -5.55. The average molecular weight is 463 g/mol. The van der Waals surface area contributed by atoms with Gasteiger partial charge in [-0.15, -0.1) is 0 Å². The molecule has 0 radical (unpaired) electrons. The van der Waals surface area contributed by atoms with E-state index in [2.05, 4.69) is 5.32 Å². The van der Waals surface area contributed by atoms with E-state index in [1.165, 1.54) is 6.92 Å². The molecule has 0 heterocycles. The van der Waals surface area contributed by atoms with Gasteiger partial charge < -0.3 is 10.1 Å². The second-order valence-electron chi connectivity index (χ2n) is 5.09. The summed E-state index contributed by atoms with van der Waals surface area (Å²) in [7, 11) is 0. The fraction of sp³-hybridized carbons (Fsp3) is 0.176. The first kappa shape index (κ1) is 19.2. The molecule has 0 aromatic heterocycles. The molecule has 0 bridgehead atoms. The third-order valence-electron chi connectivity index (χ3n) is 3.23. The standard InChI is InChI=1S/C17H13F3INO3/c1-10(25-16(24)13-4-2-3-5-14(13)21)15(23)22-12-8-6-11(7-9-12)17(18,19)20/h2-10H,1H3,(H,22,23). The predicted octanol–water partition coefficient (Wildman–Crippen LogP) is 4.49. The van der Waals surface area contributed by atoms with Crippen LogP contribution in [0.3, 0.4) is 0 Å². The average Bonchev–Trinajstić information content (AvgIpc) is 2.54. The molecule has 0 aliphatic carbocycles. The first-order valence-electron chi connectivity index (χ1n) is 7.12. The molecule has 4 nitrogen and oxygen atoms in total. The number of nitrogens with one attached hydrogen (secondary N) is 1. The van der Waals surface area contributed by atoms with Crippen molar-refractivity contribution in [2.24, 2.45) is 0 Å². The summed E-state index contributed by atoms with van der Waals surface area (Å²) >= 11 is 1.97. The molecule has 0 aliphatic heterocycles. The quantitative estimate of drug-likeness (QED) is 0.537. The van der Waals surface area contributed by atoms with E-state index >= 15 is 0 Å². The second-order valence-corrected chi connectivity index (χ2v) is 6.25. The van der Waals surface area contributed by atoms with Gasteiger partial charge in [-0.1, -0.05) is 12.1 Å². The number of rotatable bonds is 4. The van der Waals surface area contributed by atoms with Gasteiger partial charge in [0.25, 0.3) is 5.91 Å². The van der Waals surface area contributed by atoms with Crippen LogP contribution in [0.1, 0.15) is 22.8 Å². The first-order valence-corrected chi connectivity index (χ1v) is 8.20. The Morgan fingerprint density at radius 2 is 1.68 bits per heavy atom. The number of carbonyl (C=O) groups excluding carboxylic acids is 2. The zero-order valence-electron chi connectivity index (χ0n) is 12.9. The molecular formula is C17H13F3INO3. The number of benzene rings is 2. The number of esters is 1. The van der Waals surface area contributed by atoms with Gasteiger partial charge in [-0.05, 0) is 65.9 Å². The molecule has 1 unspecified atom stereocenters. The maximum atomic E-state index is 12.5. The molecule has 1 amide bonds. The van der Waals surface area contributed by atoms with Crippen molar-refractivity contribution in [3.63, 3.8) is 0 Å². The minimum atomic E-state index is -4.45. The number of carbonyl (C=O) groups is 2. The van der Waals surface area contributed by atoms with E-state index < -0.39 is 29.7 Å². The van der Waals surface area contributed by atoms with Gasteiger partial charge in [0.15, 0.2) is 6.10 Å². The third kappa shape index (κ3) is 5.18. The Balaban J connectivity index is 1.98. The lowest BCUT2D eigenvalue weighted by atomic mass is 10.2. The minimum absolute atomic E-state index is 0.176. The van der Waals surface area contributed by atoms with Crippen LogP contribution in [0.2, 0.25) is 0 Å². The molecule has 132 valence electrons. The van der Waals surface area contributed by atoms with E-state index in [9.17, 15) is 22.8 Å². The van der Waals surface area contributed by atoms with Crippen LogP contribution in [0.15, 0.2) is 48.5 Å². The van der Waals surface area contributed by atoms with E-state index in [0.717, 1.165) is 24.3 Å². The van der Waals surface area contributed by atoms with E-state index in [1.807, 2.05) is 22.6 Å². The number of hydrogen-bond acceptors (Lipinski definition) is 3. The summed E-state index contributed by atoms with van der Waals surface area (Å²) in [5.74, 6) is -1.29. The molecule has 8 heteroatoms. The largest absolute Gasteiger partial charge is 0.449 e. The van der Waals surface area contributed by atoms with Crippen LogP contribution in [-0.2, 0) is 15.7 Å². The van der Waals surface area contributed by atoms with Crippen LogP contribution in [-0.4, -0.2) is 18.0 Å². The molecule has 0 aliphatic rings. The third-order valence-corrected chi connectivity index (χ3v) is 4.17. The Labute approximate surface area is 155 Å². The molecule has 2 aromatic rings. The van der Waals surface area contributed by atoms with Crippen molar-refractivity contribution >= 4 is 40.2 Å². The zero-order chi connectivity index (χ0) is 18.6. The van der Waals surface area contributed by atoms with Crippen molar-refractivity contribution in [3.8, 4) is 0 Å². The van der Waals surface area contributed by atoms with E-state index in [-0.39, 0.29) is 5.69 Å². The van der Waals surface area contributed by atoms with Gasteiger partial charge in [0.2, 0.25) is 0 Å². The molecule has 0 saturated carbocycles. The zero-order valence-corrected chi connectivity index (χ0v) is 15.1. The highest BCUT2D eigenvalue weighted by atomic mass is 127. The Morgan fingerprint density at radius 1 is 1.08 bits per heavy atom. The highest BCUT2D eigenvalue weighted by Crippen LogP contribution is 2.29. The van der Waals surface area contributed by atoms with Gasteiger partial charge in [0, 0.05) is 9.26 Å². The normalized spacial score (nSPS) is 12.4. The van der Waals surface area contributed by atoms with Gasteiger partial charge >= 0.3 is 12.1 Å². The molecule has 1 N–H and O–H groups in total. The maximum absolute atomic E-state index is 12.5. The number of ether oxygens (including phenoxy) is 1. The van der Waals surface area contributed by atoms with Gasteiger partial charge in [0.05, 0.1) is 11.1 Å². The summed E-state index contributed by atoms with van der Waals surface area (Å²) < 4.78 is 43.3. The fourth-order valence-electron chi connectivity index (χ4n) is 1.89. The van der Waals surface area contributed by atoms with Crippen LogP contribution >= 0.6 is 22.6 Å². The fourth-order valence-corrected chi connectivity index (χ4v) is 2.50. The van der Waals surface area contributed by atoms with Crippen molar-refractivity contribution < 1.29 is 27.5 Å². The number of hydrogen-bond donors (Lipinski definition) is 1. The van der Waals surface area contributed by atoms with E-state index in [0.29, 0.717) is 9.13 Å². The number of alkyl halides is 3. The summed E-state index contributed by atoms with van der Waals surface area (Å²) in [4.78, 5) is 24.1. The van der Waals surface area contributed by atoms with Crippen LogP contribution in [0, 0.1) is 3.57 Å². The highest BCUT2D eigenvalue weighted by molar-refractivity contribution is 14.1. The van der Waals surface area contributed by atoms with Crippen LogP contribution in [0.4, 0.5) is 18.9 Å². The topological polar surface area (TPSA) is 55.4 Å². The molecule has 2 aromatic carbocycles. The smallest absolute Gasteiger partial charge is 0.416 e. The first-order chi connectivity index (χ1) is 11.7. The molecule has 25 heavy (non-hydrogen) atoms. The summed E-state index contributed by atoms with van der Waals surface area (Å²) in [6.45, 7) is 1.38. The van der Waals surface area contributed by atoms with Crippen molar-refractivity contribution in [3.05, 3.63) is 63.2 Å². The lowest BCUT2D eigenvalue weighted by molar-refractivity contribution is -0.137. The van der Waals surface area contributed by atoms with E-state index in [4.69, 9.17) is 4.74 Å². The molecule has 0 fully saturated rings. The van der Waals surface area contributed by atoms with Crippen LogP contribution in [0.5, 0.6) is 0 Å². The molecule has 2 rings (SSSR count). The lowest BCUT2D eigenvalue weighted by Crippen LogP contribution is -2.30. The number of anilines is 1. The van der Waals surface area contributed by atoms with E-state index in [1.54, 1.807) is 24.3 Å². The summed E-state index contributed by atoms with van der Waals surface area (Å²) in [5, 5.41) is 2.41. The van der Waals surface area contributed by atoms with Gasteiger partial charge in [-0.25, -0.2) is 4.79 Å². The summed E-state index contributed by atoms with van der Waals surface area (Å²) in [6, 6.07) is 10.7. The van der Waals surface area contributed by atoms with Crippen molar-refractivity contribution in [2.75, 3.05) is 5.32 Å². The Bertz CT molecular complexity index is 775. The predicted molar refractivity (Wildman–Crippen MR) is 94.1 cm³/mol. The monoisotopic (exact) mass is 463 g/mol. The van der Waals surface area contributed by atoms with Crippen molar-refractivity contribution in [2.45, 2.75) is 19.2 Å². The highest BCUT2D eigenvalue weighted by Gasteiger charge is 2.30. The number of halogens is 4. The van der Waals surface area contributed by atoms with Gasteiger partial charge in [-0.2, -0.15) is 13.2 Å². The maximum Gasteiger partial charge on any atom is 0.416 e. The van der Waals surface area contributed by atoms with Crippen LogP contribution < -0.4 is 5.32 Å². The molecular weight excluding hydrogens is 450 g/mol. The molecule has 0 saturated heterocycles. The molecule has 0 spiro atoms. The van der Waals surface area contributed by atoms with Crippen molar-refractivity contribution in [1.29, 1.82) is 0 Å². The van der Waals surface area contributed by atoms with Gasteiger partial charge in [0.1, 0.15) is 0 Å². The SMILES string of the molecule is CC(OC(=O)c1ccccc1I)C(=O)Nc1ccc(C(F)(F)F)cc1. The summed E-state index contributed by atoms with van der Waals surface area (Å²) in [5.41, 5.74) is -0.309. The van der Waals surface area contributed by atoms with Gasteiger partial charge in [-0.3, -0.25) is 4.79 Å². The van der Waals surface area contributed by atoms with Crippen molar-refractivity contribution in [1.82, 2.24) is 0 Å². The Kier molecular flexibility index (Phi) is 6.04. The Morgan fingerprint density at radius 3 is 2.24 bits per heavy atom. The second kappa shape index (κ2) is 7.85.